The van der Waals surface area contributed by atoms with E-state index in [1.54, 1.807) is 12.0 Å². The van der Waals surface area contributed by atoms with Gasteiger partial charge in [-0.1, -0.05) is 18.2 Å². The first-order valence-corrected chi connectivity index (χ1v) is 8.44. The molecule has 0 radical (unpaired) electrons. The van der Waals surface area contributed by atoms with Gasteiger partial charge in [0.25, 0.3) is 5.91 Å². The molecule has 2 aromatic carbocycles. The fraction of sp³-hybridized carbons (Fsp3) is 0.350. The molecule has 0 unspecified atom stereocenters. The van der Waals surface area contributed by atoms with Gasteiger partial charge in [0, 0.05) is 43.5 Å². The maximum atomic E-state index is 12.8. The Morgan fingerprint density at radius 2 is 1.80 bits per heavy atom. The van der Waals surface area contributed by atoms with Crippen LogP contribution in [0.3, 0.4) is 0 Å². The minimum absolute atomic E-state index is 0.0858. The summed E-state index contributed by atoms with van der Waals surface area (Å²) in [6.45, 7) is 3.55. The lowest BCUT2D eigenvalue weighted by Gasteiger charge is -2.23. The van der Waals surface area contributed by atoms with E-state index in [0.717, 1.165) is 23.5 Å². The lowest BCUT2D eigenvalue weighted by atomic mass is 10.1. The molecule has 0 spiro atoms. The third-order valence-corrected chi connectivity index (χ3v) is 4.24. The zero-order valence-electron chi connectivity index (χ0n) is 15.1. The fourth-order valence-corrected chi connectivity index (χ4v) is 2.64. The van der Waals surface area contributed by atoms with Crippen LogP contribution in [0.4, 0.5) is 5.69 Å². The van der Waals surface area contributed by atoms with Crippen molar-refractivity contribution in [2.45, 2.75) is 13.5 Å². The standard InChI is InChI=1S/C20H26N2O3/c1-4-21(2)18-11-9-16(10-12-18)20(24)22(13-14-23)15-17-7-5-6-8-19(17)25-3/h5-12,23H,4,13-15H2,1-3H3. The number of methoxy groups -OCH3 is 1. The van der Waals surface area contributed by atoms with Gasteiger partial charge in [0.1, 0.15) is 5.75 Å². The normalized spacial score (nSPS) is 10.4. The molecule has 0 aliphatic heterocycles. The van der Waals surface area contributed by atoms with Crippen molar-refractivity contribution in [3.05, 3.63) is 59.7 Å². The zero-order chi connectivity index (χ0) is 18.2. The van der Waals surface area contributed by atoms with Crippen molar-refractivity contribution in [2.75, 3.05) is 38.8 Å². The van der Waals surface area contributed by atoms with Crippen LogP contribution in [-0.4, -0.2) is 49.8 Å². The fourth-order valence-electron chi connectivity index (χ4n) is 2.64. The van der Waals surface area contributed by atoms with Crippen molar-refractivity contribution in [2.24, 2.45) is 0 Å². The van der Waals surface area contributed by atoms with Gasteiger partial charge in [0.15, 0.2) is 0 Å². The van der Waals surface area contributed by atoms with Crippen molar-refractivity contribution in [3.63, 3.8) is 0 Å². The van der Waals surface area contributed by atoms with Gasteiger partial charge < -0.3 is 19.6 Å². The molecule has 0 saturated heterocycles. The number of hydrogen-bond acceptors (Lipinski definition) is 4. The van der Waals surface area contributed by atoms with E-state index in [4.69, 9.17) is 4.74 Å². The summed E-state index contributed by atoms with van der Waals surface area (Å²) in [4.78, 5) is 16.6. The molecule has 0 atom stereocenters. The van der Waals surface area contributed by atoms with Gasteiger partial charge in [-0.25, -0.2) is 0 Å². The number of aliphatic hydroxyl groups excluding tert-OH is 1. The largest absolute Gasteiger partial charge is 0.496 e. The van der Waals surface area contributed by atoms with Gasteiger partial charge >= 0.3 is 0 Å². The topological polar surface area (TPSA) is 53.0 Å². The van der Waals surface area contributed by atoms with Crippen LogP contribution >= 0.6 is 0 Å². The van der Waals surface area contributed by atoms with Crippen LogP contribution in [0, 0.1) is 0 Å². The molecule has 0 fully saturated rings. The average molecular weight is 342 g/mol. The second kappa shape index (κ2) is 9.08. The second-order valence-corrected chi connectivity index (χ2v) is 5.82. The first-order chi connectivity index (χ1) is 12.1. The van der Waals surface area contributed by atoms with Crippen molar-refractivity contribution in [3.8, 4) is 5.75 Å². The quantitative estimate of drug-likeness (QED) is 0.801. The van der Waals surface area contributed by atoms with Crippen LogP contribution in [0.5, 0.6) is 5.75 Å². The molecule has 0 heterocycles. The van der Waals surface area contributed by atoms with E-state index in [2.05, 4.69) is 11.8 Å². The van der Waals surface area contributed by atoms with Crippen molar-refractivity contribution in [1.82, 2.24) is 4.90 Å². The highest BCUT2D eigenvalue weighted by molar-refractivity contribution is 5.94. The highest BCUT2D eigenvalue weighted by atomic mass is 16.5. The summed E-state index contributed by atoms with van der Waals surface area (Å²) in [5, 5.41) is 9.35. The molecule has 2 aromatic rings. The highest BCUT2D eigenvalue weighted by Crippen LogP contribution is 2.21. The number of rotatable bonds is 8. The number of aliphatic hydroxyl groups is 1. The summed E-state index contributed by atoms with van der Waals surface area (Å²) in [6.07, 6.45) is 0. The monoisotopic (exact) mass is 342 g/mol. The molecule has 0 saturated carbocycles. The molecule has 5 nitrogen and oxygen atoms in total. The number of anilines is 1. The van der Waals surface area contributed by atoms with E-state index in [1.165, 1.54) is 0 Å². The third-order valence-electron chi connectivity index (χ3n) is 4.24. The lowest BCUT2D eigenvalue weighted by molar-refractivity contribution is 0.0706. The number of carbonyl (C=O) groups is 1. The van der Waals surface area contributed by atoms with Gasteiger partial charge in [-0.2, -0.15) is 0 Å². The Bertz CT molecular complexity index is 686. The van der Waals surface area contributed by atoms with Crippen molar-refractivity contribution >= 4 is 11.6 Å². The van der Waals surface area contributed by atoms with Crippen molar-refractivity contribution < 1.29 is 14.6 Å². The molecular weight excluding hydrogens is 316 g/mol. The van der Waals surface area contributed by atoms with Gasteiger partial charge in [-0.05, 0) is 37.3 Å². The van der Waals surface area contributed by atoms with Crippen LogP contribution < -0.4 is 9.64 Å². The third kappa shape index (κ3) is 4.73. The lowest BCUT2D eigenvalue weighted by Crippen LogP contribution is -2.33. The molecule has 134 valence electrons. The van der Waals surface area contributed by atoms with Gasteiger partial charge in [0.05, 0.1) is 13.7 Å². The number of para-hydroxylation sites is 1. The molecule has 0 aromatic heterocycles. The number of nitrogens with zero attached hydrogens (tertiary/aromatic N) is 2. The SMILES string of the molecule is CCN(C)c1ccc(C(=O)N(CCO)Cc2ccccc2OC)cc1. The van der Waals surface area contributed by atoms with E-state index in [0.29, 0.717) is 12.1 Å². The number of carbonyl (C=O) groups excluding carboxylic acids is 1. The Kier molecular flexibility index (Phi) is 6.83. The molecule has 0 aliphatic rings. The predicted octanol–water partition coefficient (Wildman–Crippen LogP) is 2.79. The Morgan fingerprint density at radius 1 is 1.12 bits per heavy atom. The van der Waals surface area contributed by atoms with Gasteiger partial charge in [-0.3, -0.25) is 4.79 Å². The van der Waals surface area contributed by atoms with E-state index in [9.17, 15) is 9.90 Å². The molecule has 5 heteroatoms. The summed E-state index contributed by atoms with van der Waals surface area (Å²) in [6, 6.07) is 15.1. The molecule has 1 N–H and O–H groups in total. The van der Waals surface area contributed by atoms with E-state index in [1.807, 2.05) is 55.6 Å². The number of ether oxygens (including phenoxy) is 1. The van der Waals surface area contributed by atoms with E-state index < -0.39 is 0 Å². The maximum Gasteiger partial charge on any atom is 0.254 e. The van der Waals surface area contributed by atoms with Gasteiger partial charge in [-0.15, -0.1) is 0 Å². The summed E-state index contributed by atoms with van der Waals surface area (Å²) >= 11 is 0. The van der Waals surface area contributed by atoms with Crippen LogP contribution in [0.15, 0.2) is 48.5 Å². The van der Waals surface area contributed by atoms with Crippen LogP contribution in [0.25, 0.3) is 0 Å². The predicted molar refractivity (Wildman–Crippen MR) is 100 cm³/mol. The average Bonchev–Trinajstić information content (AvgIpc) is 2.67. The van der Waals surface area contributed by atoms with Gasteiger partial charge in [0.2, 0.25) is 0 Å². The molecule has 25 heavy (non-hydrogen) atoms. The molecule has 2 rings (SSSR count). The molecule has 1 amide bonds. The minimum atomic E-state index is -0.106. The molecular formula is C20H26N2O3. The molecule has 0 bridgehead atoms. The van der Waals surface area contributed by atoms with Crippen LogP contribution in [0.1, 0.15) is 22.8 Å². The first-order valence-electron chi connectivity index (χ1n) is 8.44. The zero-order valence-corrected chi connectivity index (χ0v) is 15.1. The summed E-state index contributed by atoms with van der Waals surface area (Å²) < 4.78 is 5.36. The summed E-state index contributed by atoms with van der Waals surface area (Å²) in [5.74, 6) is 0.629. The Balaban J connectivity index is 2.20. The van der Waals surface area contributed by atoms with Crippen LogP contribution in [-0.2, 0) is 6.54 Å². The van der Waals surface area contributed by atoms with E-state index >= 15 is 0 Å². The highest BCUT2D eigenvalue weighted by Gasteiger charge is 2.17. The minimum Gasteiger partial charge on any atom is -0.496 e. The maximum absolute atomic E-state index is 12.8. The molecule has 0 aliphatic carbocycles. The van der Waals surface area contributed by atoms with Crippen molar-refractivity contribution in [1.29, 1.82) is 0 Å². The smallest absolute Gasteiger partial charge is 0.254 e. The Morgan fingerprint density at radius 3 is 2.40 bits per heavy atom. The summed E-state index contributed by atoms with van der Waals surface area (Å²) in [7, 11) is 3.62. The Hall–Kier alpha value is -2.53. The number of hydrogen-bond donors (Lipinski definition) is 1. The first kappa shape index (κ1) is 18.8. The number of benzene rings is 2. The van der Waals surface area contributed by atoms with Crippen LogP contribution in [0.2, 0.25) is 0 Å². The number of amides is 1. The summed E-state index contributed by atoms with van der Waals surface area (Å²) in [5.41, 5.74) is 2.59. The Labute approximate surface area is 149 Å². The van der Waals surface area contributed by atoms with E-state index in [-0.39, 0.29) is 19.1 Å². The second-order valence-electron chi connectivity index (χ2n) is 5.82.